The Morgan fingerprint density at radius 2 is 1.87 bits per heavy atom. The summed E-state index contributed by atoms with van der Waals surface area (Å²) in [6, 6.07) is 9.78. The predicted octanol–water partition coefficient (Wildman–Crippen LogP) is 3.64. The minimum atomic E-state index is -4.64. The van der Waals surface area contributed by atoms with E-state index in [2.05, 4.69) is 15.0 Å². The molecule has 2 saturated heterocycles. The molecular weight excluding hydrogens is 407 g/mol. The van der Waals surface area contributed by atoms with Crippen LogP contribution in [0.25, 0.3) is 16.9 Å². The highest BCUT2D eigenvalue weighted by molar-refractivity contribution is 5.93. The second kappa shape index (κ2) is 7.33. The molecule has 162 valence electrons. The van der Waals surface area contributed by atoms with Crippen molar-refractivity contribution in [2.75, 3.05) is 26.2 Å². The first-order valence-corrected chi connectivity index (χ1v) is 10.4. The van der Waals surface area contributed by atoms with Gasteiger partial charge in [-0.05, 0) is 32.4 Å². The number of alkyl halides is 3. The molecule has 0 aliphatic carbocycles. The van der Waals surface area contributed by atoms with Crippen molar-refractivity contribution in [2.24, 2.45) is 0 Å². The summed E-state index contributed by atoms with van der Waals surface area (Å²) in [7, 11) is 0. The summed E-state index contributed by atoms with van der Waals surface area (Å²) >= 11 is 0. The molecule has 0 spiro atoms. The fourth-order valence-electron chi connectivity index (χ4n) is 4.49. The van der Waals surface area contributed by atoms with E-state index in [0.29, 0.717) is 24.7 Å². The second-order valence-corrected chi connectivity index (χ2v) is 8.27. The van der Waals surface area contributed by atoms with Crippen molar-refractivity contribution in [3.63, 3.8) is 0 Å². The average molecular weight is 429 g/mol. The fraction of sp³-hybridized carbons (Fsp3) is 0.409. The molecule has 0 unspecified atom stereocenters. The molecule has 2 fully saturated rings. The van der Waals surface area contributed by atoms with Gasteiger partial charge in [0.05, 0.1) is 5.69 Å². The van der Waals surface area contributed by atoms with Crippen LogP contribution in [-0.2, 0) is 6.18 Å². The zero-order valence-corrected chi connectivity index (χ0v) is 17.1. The number of hydrogen-bond donors (Lipinski definition) is 0. The van der Waals surface area contributed by atoms with Gasteiger partial charge in [-0.15, -0.1) is 0 Å². The van der Waals surface area contributed by atoms with Crippen molar-refractivity contribution in [2.45, 2.75) is 32.0 Å². The van der Waals surface area contributed by atoms with Crippen molar-refractivity contribution in [1.82, 2.24) is 24.4 Å². The summed E-state index contributed by atoms with van der Waals surface area (Å²) in [4.78, 5) is 21.5. The largest absolute Gasteiger partial charge is 0.433 e. The third-order valence-electron chi connectivity index (χ3n) is 6.16. The van der Waals surface area contributed by atoms with Crippen molar-refractivity contribution in [1.29, 1.82) is 0 Å². The molecule has 9 heteroatoms. The maximum absolute atomic E-state index is 13.8. The van der Waals surface area contributed by atoms with Gasteiger partial charge in [-0.3, -0.25) is 9.69 Å². The lowest BCUT2D eigenvalue weighted by Gasteiger charge is -2.37. The highest BCUT2D eigenvalue weighted by Crippen LogP contribution is 2.32. The van der Waals surface area contributed by atoms with E-state index in [1.54, 1.807) is 17.0 Å². The Balaban J connectivity index is 1.53. The van der Waals surface area contributed by atoms with Gasteiger partial charge in [-0.1, -0.05) is 29.8 Å². The van der Waals surface area contributed by atoms with E-state index < -0.39 is 11.9 Å². The van der Waals surface area contributed by atoms with Crippen molar-refractivity contribution in [3.8, 4) is 11.3 Å². The van der Waals surface area contributed by atoms with E-state index in [9.17, 15) is 18.0 Å². The number of hydrogen-bond acceptors (Lipinski definition) is 4. The molecule has 2 aliphatic rings. The van der Waals surface area contributed by atoms with Crippen LogP contribution >= 0.6 is 0 Å². The summed E-state index contributed by atoms with van der Waals surface area (Å²) in [6.07, 6.45) is -2.49. The van der Waals surface area contributed by atoms with Crippen LogP contribution in [-0.4, -0.2) is 62.5 Å². The Kier molecular flexibility index (Phi) is 4.73. The summed E-state index contributed by atoms with van der Waals surface area (Å²) in [6.45, 7) is 4.87. The Morgan fingerprint density at radius 1 is 1.10 bits per heavy atom. The van der Waals surface area contributed by atoms with Gasteiger partial charge in [0.1, 0.15) is 0 Å². The SMILES string of the molecule is Cc1ccc(-c2cc(C(F)(F)F)n3nc(C(=O)N4CCN5CCC[C@H]5C4)cc3n2)cc1. The minimum absolute atomic E-state index is 0.00764. The zero-order valence-electron chi connectivity index (χ0n) is 17.1. The summed E-state index contributed by atoms with van der Waals surface area (Å²) < 4.78 is 42.1. The van der Waals surface area contributed by atoms with Gasteiger partial charge in [-0.2, -0.15) is 18.3 Å². The standard InChI is InChI=1S/C22H22F3N5O/c1-14-4-6-15(7-5-14)17-11-19(22(23,24)25)30-20(26-17)12-18(27-30)21(31)29-10-9-28-8-2-3-16(28)13-29/h4-7,11-12,16H,2-3,8-10,13H2,1H3/t16-/m0/s1. The smallest absolute Gasteiger partial charge is 0.334 e. The minimum Gasteiger partial charge on any atom is -0.334 e. The van der Waals surface area contributed by atoms with Crippen LogP contribution < -0.4 is 0 Å². The Bertz CT molecular complexity index is 1140. The van der Waals surface area contributed by atoms with Crippen LogP contribution in [0.5, 0.6) is 0 Å². The first-order chi connectivity index (χ1) is 14.8. The number of carbonyl (C=O) groups is 1. The molecule has 1 aromatic carbocycles. The molecule has 0 N–H and O–H groups in total. The van der Waals surface area contributed by atoms with Crippen molar-refractivity contribution in [3.05, 3.63) is 53.3 Å². The summed E-state index contributed by atoms with van der Waals surface area (Å²) in [5.74, 6) is -0.345. The van der Waals surface area contributed by atoms with Crippen molar-refractivity contribution < 1.29 is 18.0 Å². The number of benzene rings is 1. The summed E-state index contributed by atoms with van der Waals surface area (Å²) in [5, 5.41) is 4.02. The van der Waals surface area contributed by atoms with Crippen LogP contribution in [0.3, 0.4) is 0 Å². The third-order valence-corrected chi connectivity index (χ3v) is 6.16. The number of halogens is 3. The number of aryl methyl sites for hydroxylation is 1. The van der Waals surface area contributed by atoms with Gasteiger partial charge in [0.25, 0.3) is 5.91 Å². The molecule has 0 saturated carbocycles. The topological polar surface area (TPSA) is 53.7 Å². The maximum atomic E-state index is 13.8. The van der Waals surface area contributed by atoms with Crippen molar-refractivity contribution >= 4 is 11.6 Å². The number of nitrogens with zero attached hydrogens (tertiary/aromatic N) is 5. The van der Waals surface area contributed by atoms with Crippen LogP contribution in [0.2, 0.25) is 0 Å². The van der Waals surface area contributed by atoms with Crippen LogP contribution in [0.1, 0.15) is 34.6 Å². The average Bonchev–Trinajstić information content (AvgIpc) is 3.38. The van der Waals surface area contributed by atoms with Crippen LogP contribution in [0.4, 0.5) is 13.2 Å². The summed E-state index contributed by atoms with van der Waals surface area (Å²) in [5.41, 5.74) is 0.815. The quantitative estimate of drug-likeness (QED) is 0.624. The molecule has 0 radical (unpaired) electrons. The molecule has 3 aromatic rings. The number of rotatable bonds is 2. The predicted molar refractivity (Wildman–Crippen MR) is 109 cm³/mol. The van der Waals surface area contributed by atoms with E-state index in [1.807, 2.05) is 19.1 Å². The number of amides is 1. The molecule has 31 heavy (non-hydrogen) atoms. The molecule has 5 rings (SSSR count). The lowest BCUT2D eigenvalue weighted by atomic mass is 10.1. The Labute approximate surface area is 177 Å². The molecule has 6 nitrogen and oxygen atoms in total. The van der Waals surface area contributed by atoms with Crippen LogP contribution in [0.15, 0.2) is 36.4 Å². The van der Waals surface area contributed by atoms with Gasteiger partial charge in [0, 0.05) is 37.3 Å². The van der Waals surface area contributed by atoms with E-state index in [1.165, 1.54) is 6.07 Å². The van der Waals surface area contributed by atoms with Gasteiger partial charge >= 0.3 is 6.18 Å². The number of aromatic nitrogens is 3. The second-order valence-electron chi connectivity index (χ2n) is 8.27. The molecule has 2 aliphatic heterocycles. The number of piperazine rings is 1. The maximum Gasteiger partial charge on any atom is 0.433 e. The molecule has 1 atom stereocenters. The number of carbonyl (C=O) groups excluding carboxylic acids is 1. The van der Waals surface area contributed by atoms with Gasteiger partial charge in [-0.25, -0.2) is 9.50 Å². The Morgan fingerprint density at radius 3 is 2.61 bits per heavy atom. The Hall–Kier alpha value is -2.94. The van der Waals surface area contributed by atoms with Gasteiger partial charge in [0.2, 0.25) is 0 Å². The normalized spacial score (nSPS) is 19.7. The molecule has 1 amide bonds. The lowest BCUT2D eigenvalue weighted by Crippen LogP contribution is -2.52. The molecule has 2 aromatic heterocycles. The third kappa shape index (κ3) is 3.67. The van der Waals surface area contributed by atoms with E-state index >= 15 is 0 Å². The van der Waals surface area contributed by atoms with Gasteiger partial charge in [0.15, 0.2) is 17.0 Å². The monoisotopic (exact) mass is 429 g/mol. The van der Waals surface area contributed by atoms with E-state index in [0.717, 1.165) is 42.1 Å². The first-order valence-electron chi connectivity index (χ1n) is 10.4. The van der Waals surface area contributed by atoms with Crippen LogP contribution in [0, 0.1) is 6.92 Å². The molecule has 4 heterocycles. The lowest BCUT2D eigenvalue weighted by molar-refractivity contribution is -0.142. The van der Waals surface area contributed by atoms with E-state index in [-0.39, 0.29) is 22.9 Å². The molecular formula is C22H22F3N5O. The first kappa shape index (κ1) is 20.0. The fourth-order valence-corrected chi connectivity index (χ4v) is 4.49. The van der Waals surface area contributed by atoms with Gasteiger partial charge < -0.3 is 4.90 Å². The highest BCUT2D eigenvalue weighted by atomic mass is 19.4. The highest BCUT2D eigenvalue weighted by Gasteiger charge is 2.37. The zero-order chi connectivity index (χ0) is 21.8. The number of fused-ring (bicyclic) bond motifs is 2. The molecule has 0 bridgehead atoms. The van der Waals surface area contributed by atoms with E-state index in [4.69, 9.17) is 0 Å².